The molecule has 1 fully saturated rings. The van der Waals surface area contributed by atoms with Crippen molar-refractivity contribution in [3.63, 3.8) is 0 Å². The number of rotatable bonds is 3. The van der Waals surface area contributed by atoms with Gasteiger partial charge in [-0.05, 0) is 66.3 Å². The molecule has 2 aromatic rings. The summed E-state index contributed by atoms with van der Waals surface area (Å²) in [6.07, 6.45) is 6.91. The molecule has 0 heterocycles. The zero-order chi connectivity index (χ0) is 17.8. The van der Waals surface area contributed by atoms with Crippen molar-refractivity contribution in [2.45, 2.75) is 26.2 Å². The maximum atomic E-state index is 13.0. The van der Waals surface area contributed by atoms with Gasteiger partial charge in [-0.1, -0.05) is 69.5 Å². The van der Waals surface area contributed by atoms with Crippen molar-refractivity contribution in [2.24, 2.45) is 5.92 Å². The highest BCUT2D eigenvalue weighted by atomic mass is 79.9. The molecule has 0 radical (unpaired) electrons. The van der Waals surface area contributed by atoms with Crippen LogP contribution in [0.4, 0.5) is 0 Å². The van der Waals surface area contributed by atoms with E-state index < -0.39 is 0 Å². The molecule has 0 saturated heterocycles. The zero-order valence-corrected chi connectivity index (χ0v) is 17.3. The Labute approximate surface area is 166 Å². The summed E-state index contributed by atoms with van der Waals surface area (Å²) >= 11 is 6.91. The minimum Gasteiger partial charge on any atom is -0.289 e. The second-order valence-electron chi connectivity index (χ2n) is 6.45. The number of allylic oxidation sites excluding steroid dienone is 2. The van der Waals surface area contributed by atoms with Gasteiger partial charge in [-0.25, -0.2) is 0 Å². The lowest BCUT2D eigenvalue weighted by Crippen LogP contribution is -2.19. The monoisotopic (exact) mass is 458 g/mol. The fourth-order valence-corrected chi connectivity index (χ4v) is 3.67. The molecule has 1 saturated carbocycles. The van der Waals surface area contributed by atoms with E-state index in [0.29, 0.717) is 5.92 Å². The standard InChI is InChI=1S/C22H20Br2O/c1-2-15-11-18(13-16-3-7-20(23)8-4-16)22(25)19(12-15)14-17-5-9-21(24)10-6-17/h3-10,13-15H,2,11-12H2,1H3/b18-13+,19-14+. The summed E-state index contributed by atoms with van der Waals surface area (Å²) in [5, 5.41) is 0. The van der Waals surface area contributed by atoms with Crippen LogP contribution in [0.3, 0.4) is 0 Å². The van der Waals surface area contributed by atoms with Crippen molar-refractivity contribution in [1.82, 2.24) is 0 Å². The normalized spacial score (nSPS) is 21.1. The first-order valence-electron chi connectivity index (χ1n) is 8.52. The van der Waals surface area contributed by atoms with Gasteiger partial charge < -0.3 is 0 Å². The molecule has 1 nitrogen and oxygen atoms in total. The van der Waals surface area contributed by atoms with Crippen LogP contribution >= 0.6 is 31.9 Å². The maximum absolute atomic E-state index is 13.0. The zero-order valence-electron chi connectivity index (χ0n) is 14.1. The van der Waals surface area contributed by atoms with Gasteiger partial charge in [0, 0.05) is 20.1 Å². The molecule has 0 aromatic heterocycles. The highest BCUT2D eigenvalue weighted by molar-refractivity contribution is 9.10. The van der Waals surface area contributed by atoms with Crippen LogP contribution in [0.25, 0.3) is 12.2 Å². The van der Waals surface area contributed by atoms with Gasteiger partial charge in [-0.2, -0.15) is 0 Å². The first kappa shape index (κ1) is 18.3. The highest BCUT2D eigenvalue weighted by Crippen LogP contribution is 2.34. The van der Waals surface area contributed by atoms with Gasteiger partial charge in [0.1, 0.15) is 0 Å². The Kier molecular flexibility index (Phi) is 6.08. The van der Waals surface area contributed by atoms with E-state index in [-0.39, 0.29) is 5.78 Å². The first-order valence-corrected chi connectivity index (χ1v) is 10.1. The molecule has 0 spiro atoms. The Morgan fingerprint density at radius 3 is 1.60 bits per heavy atom. The quantitative estimate of drug-likeness (QED) is 0.448. The number of carbonyl (C=O) groups is 1. The molecule has 0 amide bonds. The van der Waals surface area contributed by atoms with Crippen molar-refractivity contribution < 1.29 is 4.79 Å². The Bertz CT molecular complexity index is 747. The molecule has 2 aromatic carbocycles. The van der Waals surface area contributed by atoms with E-state index in [0.717, 1.165) is 50.5 Å². The van der Waals surface area contributed by atoms with Crippen molar-refractivity contribution in [3.8, 4) is 0 Å². The summed E-state index contributed by atoms with van der Waals surface area (Å²) in [7, 11) is 0. The van der Waals surface area contributed by atoms with Crippen LogP contribution in [0, 0.1) is 5.92 Å². The van der Waals surface area contributed by atoms with Crippen LogP contribution in [0.2, 0.25) is 0 Å². The summed E-state index contributed by atoms with van der Waals surface area (Å²) in [6.45, 7) is 2.20. The average molecular weight is 460 g/mol. The number of Topliss-reactive ketones (excluding diaryl/α,β-unsaturated/α-hetero) is 1. The van der Waals surface area contributed by atoms with E-state index in [2.05, 4.69) is 38.8 Å². The molecule has 0 aliphatic heterocycles. The fourth-order valence-electron chi connectivity index (χ4n) is 3.14. The molecule has 0 unspecified atom stereocenters. The third-order valence-electron chi connectivity index (χ3n) is 4.60. The molecule has 0 bridgehead atoms. The number of benzene rings is 2. The first-order chi connectivity index (χ1) is 12.0. The van der Waals surface area contributed by atoms with Crippen LogP contribution in [0.15, 0.2) is 68.6 Å². The van der Waals surface area contributed by atoms with Crippen LogP contribution in [0.5, 0.6) is 0 Å². The van der Waals surface area contributed by atoms with Gasteiger partial charge in [0.2, 0.25) is 0 Å². The SMILES string of the molecule is CCC1C/C(=C\c2ccc(Br)cc2)C(=O)/C(=C/c2ccc(Br)cc2)C1. The lowest BCUT2D eigenvalue weighted by atomic mass is 9.79. The summed E-state index contributed by atoms with van der Waals surface area (Å²) in [5.74, 6) is 0.719. The molecular weight excluding hydrogens is 440 g/mol. The topological polar surface area (TPSA) is 17.1 Å². The summed E-state index contributed by atoms with van der Waals surface area (Å²) in [6, 6.07) is 16.2. The minimum absolute atomic E-state index is 0.190. The van der Waals surface area contributed by atoms with Crippen molar-refractivity contribution >= 4 is 49.8 Å². The Morgan fingerprint density at radius 1 is 0.840 bits per heavy atom. The molecule has 25 heavy (non-hydrogen) atoms. The molecule has 0 atom stereocenters. The summed E-state index contributed by atoms with van der Waals surface area (Å²) < 4.78 is 2.10. The van der Waals surface area contributed by atoms with Gasteiger partial charge in [0.15, 0.2) is 5.78 Å². The van der Waals surface area contributed by atoms with Crippen LogP contribution in [0.1, 0.15) is 37.3 Å². The second-order valence-corrected chi connectivity index (χ2v) is 8.29. The van der Waals surface area contributed by atoms with Crippen LogP contribution in [-0.4, -0.2) is 5.78 Å². The summed E-state index contributed by atoms with van der Waals surface area (Å²) in [4.78, 5) is 13.0. The lowest BCUT2D eigenvalue weighted by molar-refractivity contribution is -0.113. The van der Waals surface area contributed by atoms with Gasteiger partial charge in [-0.3, -0.25) is 4.79 Å². The number of halogens is 2. The number of carbonyl (C=O) groups excluding carboxylic acids is 1. The Balaban J connectivity index is 1.93. The van der Waals surface area contributed by atoms with Gasteiger partial charge >= 0.3 is 0 Å². The smallest absolute Gasteiger partial charge is 0.185 e. The van der Waals surface area contributed by atoms with Crippen molar-refractivity contribution in [3.05, 3.63) is 79.7 Å². The van der Waals surface area contributed by atoms with E-state index >= 15 is 0 Å². The molecule has 3 heteroatoms. The molecule has 1 aliphatic carbocycles. The summed E-state index contributed by atoms with van der Waals surface area (Å²) in [5.41, 5.74) is 3.99. The van der Waals surface area contributed by atoms with Gasteiger partial charge in [0.25, 0.3) is 0 Å². The van der Waals surface area contributed by atoms with Crippen LogP contribution < -0.4 is 0 Å². The molecule has 1 aliphatic rings. The predicted molar refractivity (Wildman–Crippen MR) is 112 cm³/mol. The minimum atomic E-state index is 0.190. The number of ketones is 1. The molecular formula is C22H20Br2O. The molecule has 0 N–H and O–H groups in total. The van der Waals surface area contributed by atoms with E-state index in [9.17, 15) is 4.79 Å². The fraction of sp³-hybridized carbons (Fsp3) is 0.227. The van der Waals surface area contributed by atoms with E-state index in [4.69, 9.17) is 0 Å². The predicted octanol–water partition coefficient (Wildman–Crippen LogP) is 7.07. The van der Waals surface area contributed by atoms with Gasteiger partial charge in [-0.15, -0.1) is 0 Å². The third-order valence-corrected chi connectivity index (χ3v) is 5.66. The number of hydrogen-bond donors (Lipinski definition) is 0. The van der Waals surface area contributed by atoms with Crippen LogP contribution in [-0.2, 0) is 4.79 Å². The molecule has 128 valence electrons. The number of hydrogen-bond acceptors (Lipinski definition) is 1. The average Bonchev–Trinajstić information content (AvgIpc) is 2.62. The Hall–Kier alpha value is -1.45. The maximum Gasteiger partial charge on any atom is 0.185 e. The van der Waals surface area contributed by atoms with Gasteiger partial charge in [0.05, 0.1) is 0 Å². The van der Waals surface area contributed by atoms with E-state index in [1.54, 1.807) is 0 Å². The molecule has 3 rings (SSSR count). The second kappa shape index (κ2) is 8.29. The van der Waals surface area contributed by atoms with Crippen molar-refractivity contribution in [1.29, 1.82) is 0 Å². The lowest BCUT2D eigenvalue weighted by Gasteiger charge is -2.24. The van der Waals surface area contributed by atoms with E-state index in [1.807, 2.05) is 60.7 Å². The third kappa shape index (κ3) is 4.80. The highest BCUT2D eigenvalue weighted by Gasteiger charge is 2.26. The van der Waals surface area contributed by atoms with E-state index in [1.165, 1.54) is 0 Å². The Morgan fingerprint density at radius 2 is 1.24 bits per heavy atom. The van der Waals surface area contributed by atoms with Crippen molar-refractivity contribution in [2.75, 3.05) is 0 Å². The largest absolute Gasteiger partial charge is 0.289 e.